The van der Waals surface area contributed by atoms with Gasteiger partial charge in [-0.3, -0.25) is 4.79 Å². The molecule has 94 valence electrons. The van der Waals surface area contributed by atoms with Crippen LogP contribution in [0, 0.1) is 18.8 Å². The van der Waals surface area contributed by atoms with E-state index in [1.54, 1.807) is 13.0 Å². The molecule has 2 atom stereocenters. The van der Waals surface area contributed by atoms with Crippen LogP contribution < -0.4 is 5.32 Å². The van der Waals surface area contributed by atoms with Crippen molar-refractivity contribution < 1.29 is 9.32 Å². The van der Waals surface area contributed by atoms with Crippen molar-refractivity contribution in [1.29, 1.82) is 0 Å². The molecule has 1 aromatic rings. The van der Waals surface area contributed by atoms with Gasteiger partial charge >= 0.3 is 0 Å². The third-order valence-electron chi connectivity index (χ3n) is 3.39. The molecule has 1 saturated carbocycles. The molecule has 1 aliphatic rings. The maximum Gasteiger partial charge on any atom is 0.289 e. The quantitative estimate of drug-likeness (QED) is 0.842. The molecule has 1 amide bonds. The van der Waals surface area contributed by atoms with Crippen LogP contribution in [0.4, 0.5) is 0 Å². The van der Waals surface area contributed by atoms with Gasteiger partial charge in [0.1, 0.15) is 0 Å². The summed E-state index contributed by atoms with van der Waals surface area (Å²) in [5, 5.41) is 6.58. The maximum absolute atomic E-state index is 11.7. The number of nitrogens with one attached hydrogen (secondary N) is 1. The molecular formula is C12H17ClN2O2. The Morgan fingerprint density at radius 2 is 2.35 bits per heavy atom. The zero-order valence-electron chi connectivity index (χ0n) is 9.91. The molecule has 0 aromatic carbocycles. The van der Waals surface area contributed by atoms with Gasteiger partial charge in [-0.2, -0.15) is 0 Å². The fourth-order valence-corrected chi connectivity index (χ4v) is 2.77. The van der Waals surface area contributed by atoms with Gasteiger partial charge in [0, 0.05) is 18.5 Å². The third-order valence-corrected chi connectivity index (χ3v) is 3.79. The molecule has 1 heterocycles. The standard InChI is InChI=1S/C12H17ClN2O2/c1-8-5-11(17-15-8)12(16)14-7-10-4-2-3-9(10)6-13/h5,9-10H,2-4,6-7H2,1H3,(H,14,16). The first-order chi connectivity index (χ1) is 8.20. The Kier molecular flexibility index (Phi) is 4.05. The summed E-state index contributed by atoms with van der Waals surface area (Å²) in [4.78, 5) is 11.7. The lowest BCUT2D eigenvalue weighted by molar-refractivity contribution is 0.0907. The van der Waals surface area contributed by atoms with Gasteiger partial charge in [0.25, 0.3) is 5.91 Å². The van der Waals surface area contributed by atoms with Crippen LogP contribution in [-0.2, 0) is 0 Å². The Balaban J connectivity index is 1.84. The molecule has 0 spiro atoms. The van der Waals surface area contributed by atoms with Crippen molar-refractivity contribution in [3.05, 3.63) is 17.5 Å². The minimum absolute atomic E-state index is 0.189. The molecule has 0 saturated heterocycles. The minimum Gasteiger partial charge on any atom is -0.351 e. The van der Waals surface area contributed by atoms with Crippen molar-refractivity contribution in [3.63, 3.8) is 0 Å². The van der Waals surface area contributed by atoms with Gasteiger partial charge in [-0.25, -0.2) is 0 Å². The molecule has 0 radical (unpaired) electrons. The summed E-state index contributed by atoms with van der Waals surface area (Å²) in [6.45, 7) is 2.47. The summed E-state index contributed by atoms with van der Waals surface area (Å²) in [6.07, 6.45) is 3.53. The van der Waals surface area contributed by atoms with Crippen LogP contribution in [0.15, 0.2) is 10.6 Å². The summed E-state index contributed by atoms with van der Waals surface area (Å²) in [7, 11) is 0. The SMILES string of the molecule is Cc1cc(C(=O)NCC2CCCC2CCl)on1. The average Bonchev–Trinajstić information content (AvgIpc) is 2.94. The summed E-state index contributed by atoms with van der Waals surface area (Å²) in [5.41, 5.74) is 0.717. The number of hydrogen-bond donors (Lipinski definition) is 1. The highest BCUT2D eigenvalue weighted by Gasteiger charge is 2.27. The van der Waals surface area contributed by atoms with Crippen LogP contribution >= 0.6 is 11.6 Å². The first-order valence-electron chi connectivity index (χ1n) is 5.98. The van der Waals surface area contributed by atoms with Gasteiger partial charge in [-0.15, -0.1) is 11.6 Å². The monoisotopic (exact) mass is 256 g/mol. The number of alkyl halides is 1. The van der Waals surface area contributed by atoms with Crippen molar-refractivity contribution in [3.8, 4) is 0 Å². The first-order valence-corrected chi connectivity index (χ1v) is 6.51. The first kappa shape index (κ1) is 12.4. The smallest absolute Gasteiger partial charge is 0.289 e. The summed E-state index contributed by atoms with van der Waals surface area (Å²) < 4.78 is 4.91. The highest BCUT2D eigenvalue weighted by atomic mass is 35.5. The molecule has 2 rings (SSSR count). The van der Waals surface area contributed by atoms with Crippen molar-refractivity contribution >= 4 is 17.5 Å². The molecule has 0 aliphatic heterocycles. The Labute approximate surface area is 106 Å². The van der Waals surface area contributed by atoms with E-state index in [1.165, 1.54) is 12.8 Å². The van der Waals surface area contributed by atoms with Crippen LogP contribution in [-0.4, -0.2) is 23.5 Å². The molecule has 5 heteroatoms. The van der Waals surface area contributed by atoms with Crippen LogP contribution in [0.1, 0.15) is 35.5 Å². The summed E-state index contributed by atoms with van der Waals surface area (Å²) in [6, 6.07) is 1.64. The zero-order valence-corrected chi connectivity index (χ0v) is 10.7. The highest BCUT2D eigenvalue weighted by Crippen LogP contribution is 2.31. The normalized spacial score (nSPS) is 23.9. The van der Waals surface area contributed by atoms with Gasteiger partial charge in [0.2, 0.25) is 5.76 Å². The second-order valence-corrected chi connectivity index (χ2v) is 4.96. The van der Waals surface area contributed by atoms with E-state index >= 15 is 0 Å². The van der Waals surface area contributed by atoms with Crippen LogP contribution in [0.5, 0.6) is 0 Å². The second-order valence-electron chi connectivity index (χ2n) is 4.65. The molecule has 1 aromatic heterocycles. The van der Waals surface area contributed by atoms with Crippen LogP contribution in [0.2, 0.25) is 0 Å². The van der Waals surface area contributed by atoms with Gasteiger partial charge < -0.3 is 9.84 Å². The lowest BCUT2D eigenvalue weighted by atomic mass is 9.98. The fourth-order valence-electron chi connectivity index (χ4n) is 2.37. The molecule has 1 aliphatic carbocycles. The molecule has 1 fully saturated rings. The van der Waals surface area contributed by atoms with Gasteiger partial charge in [-0.1, -0.05) is 11.6 Å². The van der Waals surface area contributed by atoms with Crippen LogP contribution in [0.3, 0.4) is 0 Å². The fraction of sp³-hybridized carbons (Fsp3) is 0.667. The third kappa shape index (κ3) is 3.00. The Morgan fingerprint density at radius 1 is 1.59 bits per heavy atom. The number of carbonyl (C=O) groups is 1. The number of aromatic nitrogens is 1. The molecule has 2 unspecified atom stereocenters. The van der Waals surface area contributed by atoms with E-state index in [0.29, 0.717) is 24.3 Å². The van der Waals surface area contributed by atoms with E-state index in [-0.39, 0.29) is 11.7 Å². The van der Waals surface area contributed by atoms with Crippen molar-refractivity contribution in [2.24, 2.45) is 11.8 Å². The van der Waals surface area contributed by atoms with E-state index in [0.717, 1.165) is 12.1 Å². The van der Waals surface area contributed by atoms with E-state index < -0.39 is 0 Å². The highest BCUT2D eigenvalue weighted by molar-refractivity contribution is 6.18. The zero-order chi connectivity index (χ0) is 12.3. The molecule has 1 N–H and O–H groups in total. The van der Waals surface area contributed by atoms with Crippen molar-refractivity contribution in [2.75, 3.05) is 12.4 Å². The van der Waals surface area contributed by atoms with E-state index in [4.69, 9.17) is 16.1 Å². The number of halogens is 1. The maximum atomic E-state index is 11.7. The van der Waals surface area contributed by atoms with Crippen molar-refractivity contribution in [1.82, 2.24) is 10.5 Å². The second kappa shape index (κ2) is 5.54. The van der Waals surface area contributed by atoms with E-state index in [9.17, 15) is 4.79 Å². The van der Waals surface area contributed by atoms with Crippen LogP contribution in [0.25, 0.3) is 0 Å². The van der Waals surface area contributed by atoms with E-state index in [1.807, 2.05) is 0 Å². The predicted octanol–water partition coefficient (Wildman–Crippen LogP) is 2.37. The van der Waals surface area contributed by atoms with Crippen molar-refractivity contribution in [2.45, 2.75) is 26.2 Å². The Morgan fingerprint density at radius 3 is 3.00 bits per heavy atom. The summed E-state index contributed by atoms with van der Waals surface area (Å²) in [5.74, 6) is 1.81. The number of amides is 1. The number of hydrogen-bond acceptors (Lipinski definition) is 3. The largest absolute Gasteiger partial charge is 0.351 e. The topological polar surface area (TPSA) is 55.1 Å². The Bertz CT molecular complexity index is 392. The number of nitrogens with zero attached hydrogens (tertiary/aromatic N) is 1. The average molecular weight is 257 g/mol. The predicted molar refractivity (Wildman–Crippen MR) is 65.1 cm³/mol. The molecular weight excluding hydrogens is 240 g/mol. The molecule has 0 bridgehead atoms. The Hall–Kier alpha value is -1.03. The minimum atomic E-state index is -0.189. The van der Waals surface area contributed by atoms with Gasteiger partial charge in [0.05, 0.1) is 5.69 Å². The number of carbonyl (C=O) groups excluding carboxylic acids is 1. The van der Waals surface area contributed by atoms with Gasteiger partial charge in [-0.05, 0) is 31.6 Å². The van der Waals surface area contributed by atoms with Gasteiger partial charge in [0.15, 0.2) is 0 Å². The molecule has 4 nitrogen and oxygen atoms in total. The number of rotatable bonds is 4. The summed E-state index contributed by atoms with van der Waals surface area (Å²) >= 11 is 5.90. The lowest BCUT2D eigenvalue weighted by Crippen LogP contribution is -2.31. The number of aryl methyl sites for hydroxylation is 1. The van der Waals surface area contributed by atoms with E-state index in [2.05, 4.69) is 10.5 Å². The lowest BCUT2D eigenvalue weighted by Gasteiger charge is -2.16. The molecule has 17 heavy (non-hydrogen) atoms.